The molecule has 1 aliphatic carbocycles. The third-order valence-corrected chi connectivity index (χ3v) is 12.3. The Morgan fingerprint density at radius 1 is 1.17 bits per heavy atom. The van der Waals surface area contributed by atoms with Gasteiger partial charge < -0.3 is 18.2 Å². The van der Waals surface area contributed by atoms with Crippen LogP contribution in [-0.2, 0) is 13.6 Å². The zero-order valence-electron chi connectivity index (χ0n) is 22.7. The Kier molecular flexibility index (Phi) is 6.60. The summed E-state index contributed by atoms with van der Waals surface area (Å²) in [6.45, 7) is 23.7. The van der Waals surface area contributed by atoms with Crippen LogP contribution in [-0.4, -0.2) is 52.5 Å². The Labute approximate surface area is 219 Å². The second-order valence-corrected chi connectivity index (χ2v) is 17.9. The molecule has 11 heteroatoms. The highest BCUT2D eigenvalue weighted by Crippen LogP contribution is 2.57. The molecule has 1 saturated carbocycles. The highest BCUT2D eigenvalue weighted by atomic mass is 35.5. The van der Waals surface area contributed by atoms with E-state index in [1.54, 1.807) is 27.1 Å². The van der Waals surface area contributed by atoms with E-state index in [1.807, 2.05) is 4.57 Å². The van der Waals surface area contributed by atoms with Gasteiger partial charge in [0.1, 0.15) is 11.1 Å². The van der Waals surface area contributed by atoms with Crippen molar-refractivity contribution in [2.45, 2.75) is 96.6 Å². The van der Waals surface area contributed by atoms with Gasteiger partial charge in [-0.3, -0.25) is 5.32 Å². The Bertz CT molecular complexity index is 1180. The van der Waals surface area contributed by atoms with Crippen molar-refractivity contribution in [3.05, 3.63) is 23.6 Å². The van der Waals surface area contributed by atoms with Gasteiger partial charge in [-0.15, -0.1) is 0 Å². The van der Waals surface area contributed by atoms with Crippen LogP contribution >= 0.6 is 11.6 Å². The van der Waals surface area contributed by atoms with Crippen LogP contribution in [0.5, 0.6) is 0 Å². The van der Waals surface area contributed by atoms with Gasteiger partial charge in [0.2, 0.25) is 5.95 Å². The average molecular weight is 536 g/mol. The van der Waals surface area contributed by atoms with Crippen LogP contribution in [0.1, 0.15) is 74.8 Å². The first-order chi connectivity index (χ1) is 16.4. The van der Waals surface area contributed by atoms with E-state index in [9.17, 15) is 4.79 Å². The van der Waals surface area contributed by atoms with E-state index in [0.717, 1.165) is 12.0 Å². The maximum atomic E-state index is 12.3. The summed E-state index contributed by atoms with van der Waals surface area (Å²) in [5, 5.41) is 2.53. The van der Waals surface area contributed by atoms with E-state index in [4.69, 9.17) is 25.2 Å². The molecule has 3 heterocycles. The van der Waals surface area contributed by atoms with Gasteiger partial charge in [-0.2, -0.15) is 9.97 Å². The molecule has 2 aromatic heterocycles. The third-order valence-electron chi connectivity index (χ3n) is 6.89. The Balaban J connectivity index is 1.65. The van der Waals surface area contributed by atoms with Crippen LogP contribution in [0.3, 0.4) is 0 Å². The summed E-state index contributed by atoms with van der Waals surface area (Å²) in [5.41, 5.74) is 1.33. The van der Waals surface area contributed by atoms with E-state index >= 15 is 0 Å². The molecule has 3 atom stereocenters. The SMILES string of the molecule is C=C1C2CO[Si](C(C)(C)C)(C(C)(C)C)OC2CC1n1cnc2c(Cl)nc(NC(=O)OC(C)(C)C)nc21. The summed E-state index contributed by atoms with van der Waals surface area (Å²) < 4.78 is 20.9. The van der Waals surface area contributed by atoms with Crippen LogP contribution < -0.4 is 5.32 Å². The van der Waals surface area contributed by atoms with Crippen molar-refractivity contribution >= 4 is 43.4 Å². The van der Waals surface area contributed by atoms with Crippen molar-refractivity contribution in [3.8, 4) is 0 Å². The summed E-state index contributed by atoms with van der Waals surface area (Å²) in [7, 11) is -2.60. The number of aromatic nitrogens is 4. The minimum Gasteiger partial charge on any atom is -0.444 e. The Hall–Kier alpha value is -2.01. The predicted octanol–water partition coefficient (Wildman–Crippen LogP) is 6.40. The van der Waals surface area contributed by atoms with Crippen molar-refractivity contribution in [1.82, 2.24) is 19.5 Å². The number of carbonyl (C=O) groups excluding carboxylic acids is 1. The van der Waals surface area contributed by atoms with Gasteiger partial charge in [0, 0.05) is 22.6 Å². The van der Waals surface area contributed by atoms with E-state index < -0.39 is 20.3 Å². The van der Waals surface area contributed by atoms with Gasteiger partial charge in [0.05, 0.1) is 18.5 Å². The predicted molar refractivity (Wildman–Crippen MR) is 142 cm³/mol. The first kappa shape index (κ1) is 27.0. The number of rotatable bonds is 2. The molecular formula is C25H38ClN5O4Si. The molecule has 2 fully saturated rings. The molecule has 0 radical (unpaired) electrons. The molecule has 36 heavy (non-hydrogen) atoms. The minimum atomic E-state index is -2.60. The number of anilines is 1. The molecule has 0 spiro atoms. The van der Waals surface area contributed by atoms with E-state index in [0.29, 0.717) is 17.8 Å². The lowest BCUT2D eigenvalue weighted by atomic mass is 10.0. The number of hydrogen-bond donors (Lipinski definition) is 1. The number of hydrogen-bond acceptors (Lipinski definition) is 7. The van der Waals surface area contributed by atoms with Crippen molar-refractivity contribution in [1.29, 1.82) is 0 Å². The minimum absolute atomic E-state index is 0.00418. The molecule has 2 aliphatic rings. The van der Waals surface area contributed by atoms with Gasteiger partial charge in [-0.05, 0) is 32.8 Å². The van der Waals surface area contributed by atoms with Crippen LogP contribution in [0, 0.1) is 5.92 Å². The van der Waals surface area contributed by atoms with Gasteiger partial charge in [0.25, 0.3) is 0 Å². The fourth-order valence-electron chi connectivity index (χ4n) is 5.59. The summed E-state index contributed by atoms with van der Waals surface area (Å²) >= 11 is 6.41. The largest absolute Gasteiger partial charge is 0.444 e. The van der Waals surface area contributed by atoms with Crippen LogP contribution in [0.4, 0.5) is 10.7 Å². The van der Waals surface area contributed by atoms with Gasteiger partial charge in [-0.1, -0.05) is 59.7 Å². The van der Waals surface area contributed by atoms with Crippen molar-refractivity contribution in [3.63, 3.8) is 0 Å². The Morgan fingerprint density at radius 2 is 1.81 bits per heavy atom. The van der Waals surface area contributed by atoms with Crippen LogP contribution in [0.2, 0.25) is 15.2 Å². The molecule has 0 bridgehead atoms. The number of ether oxygens (including phenoxy) is 1. The quantitative estimate of drug-likeness (QED) is 0.269. The van der Waals surface area contributed by atoms with Gasteiger partial charge in [0.15, 0.2) is 10.8 Å². The van der Waals surface area contributed by atoms with Gasteiger partial charge in [-0.25, -0.2) is 9.78 Å². The number of carbonyl (C=O) groups is 1. The molecule has 3 unspecified atom stereocenters. The fourth-order valence-corrected chi connectivity index (χ4v) is 10.8. The second-order valence-electron chi connectivity index (χ2n) is 12.8. The summed E-state index contributed by atoms with van der Waals surface area (Å²) in [6.07, 6.45) is 1.77. The number of fused-ring (bicyclic) bond motifs is 2. The molecule has 1 aliphatic heterocycles. The molecule has 2 aromatic rings. The van der Waals surface area contributed by atoms with Crippen molar-refractivity contribution in [2.24, 2.45) is 5.92 Å². The van der Waals surface area contributed by atoms with Crippen molar-refractivity contribution < 1.29 is 18.4 Å². The molecular weight excluding hydrogens is 498 g/mol. The standard InChI is InChI=1S/C25H38ClN5O4Si/c1-14-15-12-33-36(24(5,6)7,25(8,9)10)35-17(15)11-16(14)31-13-27-18-19(26)28-21(29-20(18)31)30-22(32)34-23(2,3)4/h13,15-17H,1,11-12H2,2-10H3,(H,28,29,30,32). The second kappa shape index (κ2) is 8.78. The molecule has 1 N–H and O–H groups in total. The number of amides is 1. The number of imidazole rings is 1. The number of nitrogens with zero attached hydrogens (tertiary/aromatic N) is 4. The Morgan fingerprint density at radius 3 is 2.39 bits per heavy atom. The van der Waals surface area contributed by atoms with E-state index in [1.165, 1.54) is 0 Å². The molecule has 9 nitrogen and oxygen atoms in total. The molecule has 1 saturated heterocycles. The zero-order valence-corrected chi connectivity index (χ0v) is 24.5. The molecule has 1 amide bonds. The highest BCUT2D eigenvalue weighted by Gasteiger charge is 2.63. The lowest BCUT2D eigenvalue weighted by Gasteiger charge is -2.53. The number of halogens is 1. The summed E-state index contributed by atoms with van der Waals surface area (Å²) in [4.78, 5) is 25.5. The average Bonchev–Trinajstić information content (AvgIpc) is 3.25. The summed E-state index contributed by atoms with van der Waals surface area (Å²) in [6, 6.07) is -0.0984. The smallest absolute Gasteiger partial charge is 0.414 e. The fraction of sp³-hybridized carbons (Fsp3) is 0.680. The monoisotopic (exact) mass is 535 g/mol. The molecule has 198 valence electrons. The summed E-state index contributed by atoms with van der Waals surface area (Å²) in [5.74, 6) is 0.130. The number of nitrogens with one attached hydrogen (secondary N) is 1. The van der Waals surface area contributed by atoms with Crippen molar-refractivity contribution in [2.75, 3.05) is 11.9 Å². The van der Waals surface area contributed by atoms with Gasteiger partial charge >= 0.3 is 14.7 Å². The first-order valence-electron chi connectivity index (χ1n) is 12.3. The maximum Gasteiger partial charge on any atom is 0.414 e. The highest BCUT2D eigenvalue weighted by molar-refractivity contribution is 6.73. The van der Waals surface area contributed by atoms with E-state index in [-0.39, 0.29) is 39.2 Å². The van der Waals surface area contributed by atoms with Crippen LogP contribution in [0.25, 0.3) is 11.2 Å². The van der Waals surface area contributed by atoms with Crippen LogP contribution in [0.15, 0.2) is 18.5 Å². The topological polar surface area (TPSA) is 100 Å². The molecule has 4 rings (SSSR count). The first-order valence-corrected chi connectivity index (χ1v) is 14.5. The third kappa shape index (κ3) is 4.68. The molecule has 0 aromatic carbocycles. The van der Waals surface area contributed by atoms with E-state index in [2.05, 4.69) is 68.4 Å². The normalized spacial score (nSPS) is 24.6. The maximum absolute atomic E-state index is 12.3. The zero-order chi connectivity index (χ0) is 26.8. The lowest BCUT2D eigenvalue weighted by Crippen LogP contribution is -2.62. The lowest BCUT2D eigenvalue weighted by molar-refractivity contribution is -0.00211.